The number of amides is 1. The molecule has 11 heteroatoms. The summed E-state index contributed by atoms with van der Waals surface area (Å²) in [5.41, 5.74) is 0.700. The van der Waals surface area contributed by atoms with Crippen LogP contribution in [0, 0.1) is 0 Å². The second kappa shape index (κ2) is 9.49. The van der Waals surface area contributed by atoms with Gasteiger partial charge in [0.05, 0.1) is 15.8 Å². The molecule has 2 aliphatic rings. The number of nitrogens with one attached hydrogen (secondary N) is 4. The Morgan fingerprint density at radius 3 is 2.88 bits per heavy atom. The predicted octanol–water partition coefficient (Wildman–Crippen LogP) is 3.48. The summed E-state index contributed by atoms with van der Waals surface area (Å²) in [5.74, 6) is 1.12. The summed E-state index contributed by atoms with van der Waals surface area (Å²) in [4.78, 5) is 21.9. The van der Waals surface area contributed by atoms with E-state index in [0.717, 1.165) is 72.7 Å². The summed E-state index contributed by atoms with van der Waals surface area (Å²) in [5, 5.41) is 26.1. The largest absolute Gasteiger partial charge is 0.390 e. The van der Waals surface area contributed by atoms with Crippen molar-refractivity contribution in [2.45, 2.75) is 63.1 Å². The molecule has 5 N–H and O–H groups in total. The van der Waals surface area contributed by atoms with Gasteiger partial charge in [-0.05, 0) is 75.0 Å². The van der Waals surface area contributed by atoms with E-state index in [1.54, 1.807) is 17.4 Å². The lowest BCUT2D eigenvalue weighted by Gasteiger charge is -2.33. The summed E-state index contributed by atoms with van der Waals surface area (Å²) >= 11 is 2.83. The zero-order valence-corrected chi connectivity index (χ0v) is 20.2. The molecule has 2 fully saturated rings. The molecular weight excluding hydrogens is 458 g/mol. The van der Waals surface area contributed by atoms with Gasteiger partial charge in [0.25, 0.3) is 5.91 Å². The highest BCUT2D eigenvalue weighted by molar-refractivity contribution is 7.17. The van der Waals surface area contributed by atoms with Gasteiger partial charge in [0, 0.05) is 24.7 Å². The van der Waals surface area contributed by atoms with Crippen molar-refractivity contribution in [3.05, 3.63) is 23.2 Å². The molecule has 3 aromatic rings. The second-order valence-corrected chi connectivity index (χ2v) is 10.9. The highest BCUT2D eigenvalue weighted by Gasteiger charge is 2.29. The summed E-state index contributed by atoms with van der Waals surface area (Å²) in [6.45, 7) is 3.71. The number of hydrogen-bond acceptors (Lipinski definition) is 10. The fraction of sp³-hybridized carbons (Fsp3) is 0.545. The Morgan fingerprint density at radius 1 is 1.24 bits per heavy atom. The van der Waals surface area contributed by atoms with Crippen LogP contribution in [0.15, 0.2) is 17.5 Å². The lowest BCUT2D eigenvalue weighted by atomic mass is 9.84. The average Bonchev–Trinajstić information content (AvgIpc) is 3.46. The van der Waals surface area contributed by atoms with Gasteiger partial charge in [0.2, 0.25) is 5.95 Å². The van der Waals surface area contributed by atoms with E-state index in [4.69, 9.17) is 4.98 Å². The van der Waals surface area contributed by atoms with Crippen molar-refractivity contribution in [2.75, 3.05) is 23.7 Å². The molecule has 1 atom stereocenters. The number of fused-ring (bicyclic) bond motifs is 1. The number of hydrogen-bond donors (Lipinski definition) is 5. The molecular formula is C22H29N7O2S2. The molecule has 1 unspecified atom stereocenters. The molecule has 0 radical (unpaired) electrons. The van der Waals surface area contributed by atoms with Crippen molar-refractivity contribution >= 4 is 55.8 Å². The lowest BCUT2D eigenvalue weighted by Crippen LogP contribution is -2.45. The van der Waals surface area contributed by atoms with Crippen LogP contribution < -0.4 is 21.3 Å². The van der Waals surface area contributed by atoms with Gasteiger partial charge in [0.1, 0.15) is 16.5 Å². The number of piperidine rings is 1. The molecule has 4 heterocycles. The average molecular weight is 488 g/mol. The SMILES string of the molecule is CC1(O)CCC(Nc2nc(Nc3cc(C(=O)NC4CCCNC4)ns3)nc3ccsc23)CC1. The standard InChI is InChI=1S/C22H29N7O2S2/c1-22(31)7-4-13(5-8-22)24-19-18-15(6-10-32-18)26-21(28-19)27-17-11-16(29-33-17)20(30)25-14-3-2-9-23-12-14/h6,10-11,13-14,23,31H,2-5,7-9,12H2,1H3,(H,25,30)(H2,24,26,27,28). The zero-order valence-electron chi connectivity index (χ0n) is 18.6. The summed E-state index contributed by atoms with van der Waals surface area (Å²) < 4.78 is 5.33. The fourth-order valence-corrected chi connectivity index (χ4v) is 5.80. The van der Waals surface area contributed by atoms with Crippen LogP contribution in [0.25, 0.3) is 10.2 Å². The normalized spacial score (nSPS) is 25.6. The molecule has 5 rings (SSSR count). The number of anilines is 3. The topological polar surface area (TPSA) is 124 Å². The van der Waals surface area contributed by atoms with Gasteiger partial charge in [-0.2, -0.15) is 9.36 Å². The van der Waals surface area contributed by atoms with Gasteiger partial charge in [-0.3, -0.25) is 4.79 Å². The maximum atomic E-state index is 12.6. The van der Waals surface area contributed by atoms with E-state index in [1.165, 1.54) is 11.5 Å². The van der Waals surface area contributed by atoms with E-state index >= 15 is 0 Å². The van der Waals surface area contributed by atoms with Gasteiger partial charge < -0.3 is 26.4 Å². The Kier molecular flexibility index (Phi) is 6.46. The number of carbonyl (C=O) groups excluding carboxylic acids is 1. The smallest absolute Gasteiger partial charge is 0.271 e. The predicted molar refractivity (Wildman–Crippen MR) is 133 cm³/mol. The maximum Gasteiger partial charge on any atom is 0.271 e. The van der Waals surface area contributed by atoms with Gasteiger partial charge in [-0.25, -0.2) is 4.98 Å². The minimum Gasteiger partial charge on any atom is -0.390 e. The second-order valence-electron chi connectivity index (χ2n) is 9.16. The Bertz CT molecular complexity index is 1110. The minimum atomic E-state index is -0.571. The number of aliphatic hydroxyl groups is 1. The van der Waals surface area contributed by atoms with E-state index in [0.29, 0.717) is 11.6 Å². The number of carbonyl (C=O) groups is 1. The molecule has 176 valence electrons. The van der Waals surface area contributed by atoms with Crippen LogP contribution >= 0.6 is 22.9 Å². The molecule has 9 nitrogen and oxygen atoms in total. The third-order valence-corrected chi connectivity index (χ3v) is 7.93. The number of rotatable bonds is 6. The van der Waals surface area contributed by atoms with Crippen LogP contribution in [0.4, 0.5) is 16.8 Å². The molecule has 1 aliphatic carbocycles. The summed E-state index contributed by atoms with van der Waals surface area (Å²) in [6.07, 6.45) is 5.39. The molecule has 0 spiro atoms. The Morgan fingerprint density at radius 2 is 2.09 bits per heavy atom. The van der Waals surface area contributed by atoms with E-state index < -0.39 is 5.60 Å². The molecule has 3 aromatic heterocycles. The van der Waals surface area contributed by atoms with Crippen LogP contribution in [0.2, 0.25) is 0 Å². The van der Waals surface area contributed by atoms with Crippen LogP contribution in [0.3, 0.4) is 0 Å². The summed E-state index contributed by atoms with van der Waals surface area (Å²) in [7, 11) is 0. The van der Waals surface area contributed by atoms with E-state index in [-0.39, 0.29) is 18.0 Å². The van der Waals surface area contributed by atoms with Crippen LogP contribution in [-0.4, -0.2) is 56.1 Å². The van der Waals surface area contributed by atoms with E-state index in [2.05, 4.69) is 30.6 Å². The quantitative estimate of drug-likeness (QED) is 0.358. The first-order chi connectivity index (χ1) is 15.9. The van der Waals surface area contributed by atoms with Gasteiger partial charge in [-0.15, -0.1) is 11.3 Å². The minimum absolute atomic E-state index is 0.144. The van der Waals surface area contributed by atoms with E-state index in [1.807, 2.05) is 18.4 Å². The molecule has 1 amide bonds. The third kappa shape index (κ3) is 5.43. The summed E-state index contributed by atoms with van der Waals surface area (Å²) in [6, 6.07) is 4.14. The van der Waals surface area contributed by atoms with Crippen LogP contribution in [-0.2, 0) is 0 Å². The number of nitrogens with zero attached hydrogens (tertiary/aromatic N) is 3. The van der Waals surface area contributed by atoms with Crippen LogP contribution in [0.5, 0.6) is 0 Å². The van der Waals surface area contributed by atoms with Gasteiger partial charge >= 0.3 is 0 Å². The van der Waals surface area contributed by atoms with Crippen molar-refractivity contribution < 1.29 is 9.90 Å². The molecule has 0 bridgehead atoms. The highest BCUT2D eigenvalue weighted by atomic mass is 32.1. The first-order valence-corrected chi connectivity index (χ1v) is 13.1. The van der Waals surface area contributed by atoms with Gasteiger partial charge in [-0.1, -0.05) is 0 Å². The number of aromatic nitrogens is 3. The van der Waals surface area contributed by atoms with Crippen molar-refractivity contribution in [1.82, 2.24) is 25.0 Å². The fourth-order valence-electron chi connectivity index (χ4n) is 4.38. The first-order valence-electron chi connectivity index (χ1n) is 11.4. The van der Waals surface area contributed by atoms with Crippen molar-refractivity contribution in [3.8, 4) is 0 Å². The molecule has 33 heavy (non-hydrogen) atoms. The van der Waals surface area contributed by atoms with Crippen molar-refractivity contribution in [2.24, 2.45) is 0 Å². The molecule has 1 aliphatic heterocycles. The third-order valence-electron chi connectivity index (χ3n) is 6.32. The molecule has 1 saturated carbocycles. The number of thiophene rings is 1. The zero-order chi connectivity index (χ0) is 22.8. The van der Waals surface area contributed by atoms with E-state index in [9.17, 15) is 9.90 Å². The highest BCUT2D eigenvalue weighted by Crippen LogP contribution is 2.33. The monoisotopic (exact) mass is 487 g/mol. The van der Waals surface area contributed by atoms with Crippen molar-refractivity contribution in [3.63, 3.8) is 0 Å². The lowest BCUT2D eigenvalue weighted by molar-refractivity contribution is 0.0196. The van der Waals surface area contributed by atoms with Crippen LogP contribution in [0.1, 0.15) is 55.9 Å². The Labute approximate surface area is 200 Å². The Balaban J connectivity index is 1.28. The van der Waals surface area contributed by atoms with Crippen molar-refractivity contribution in [1.29, 1.82) is 0 Å². The Hall–Kier alpha value is -2.34. The molecule has 0 aromatic carbocycles. The maximum absolute atomic E-state index is 12.6. The van der Waals surface area contributed by atoms with Gasteiger partial charge in [0.15, 0.2) is 0 Å². The first kappa shape index (κ1) is 22.5. The molecule has 1 saturated heterocycles.